The Balaban J connectivity index is 1.75. The quantitative estimate of drug-likeness (QED) is 0.834. The van der Waals surface area contributed by atoms with Crippen LogP contribution >= 0.6 is 11.3 Å². The maximum atomic E-state index is 4.17. The number of thiophene rings is 1. The number of hydrogen-bond donors (Lipinski definition) is 1. The van der Waals surface area contributed by atoms with Crippen molar-refractivity contribution in [1.29, 1.82) is 0 Å². The Hall–Kier alpha value is -1.20. The lowest BCUT2D eigenvalue weighted by molar-refractivity contribution is 0.547. The summed E-state index contributed by atoms with van der Waals surface area (Å²) in [5.41, 5.74) is 1.02. The second-order valence-corrected chi connectivity index (χ2v) is 5.86. The summed E-state index contributed by atoms with van der Waals surface area (Å²) in [5.74, 6) is 0.666. The number of aromatic nitrogens is 3. The van der Waals surface area contributed by atoms with Crippen molar-refractivity contribution >= 4 is 11.3 Å². The molecule has 4 nitrogen and oxygen atoms in total. The Kier molecular flexibility index (Phi) is 4.90. The molecular weight excluding hydrogens is 244 g/mol. The molecule has 0 aliphatic heterocycles. The van der Waals surface area contributed by atoms with Gasteiger partial charge in [0, 0.05) is 30.6 Å². The molecule has 0 aliphatic carbocycles. The van der Waals surface area contributed by atoms with E-state index in [2.05, 4.69) is 47.0 Å². The second kappa shape index (κ2) is 6.66. The minimum absolute atomic E-state index is 0.666. The lowest BCUT2D eigenvalue weighted by atomic mass is 10.2. The van der Waals surface area contributed by atoms with E-state index >= 15 is 0 Å². The Morgan fingerprint density at radius 3 is 3.06 bits per heavy atom. The molecule has 98 valence electrons. The van der Waals surface area contributed by atoms with Crippen LogP contribution in [0.3, 0.4) is 0 Å². The van der Waals surface area contributed by atoms with Crippen LogP contribution in [0.5, 0.6) is 0 Å². The van der Waals surface area contributed by atoms with E-state index in [-0.39, 0.29) is 0 Å². The molecule has 18 heavy (non-hydrogen) atoms. The van der Waals surface area contributed by atoms with E-state index in [0.29, 0.717) is 5.92 Å². The predicted molar refractivity (Wildman–Crippen MR) is 74.6 cm³/mol. The highest BCUT2D eigenvalue weighted by atomic mass is 32.1. The van der Waals surface area contributed by atoms with Crippen molar-refractivity contribution in [2.75, 3.05) is 6.54 Å². The summed E-state index contributed by atoms with van der Waals surface area (Å²) in [6.07, 6.45) is 3.06. The minimum Gasteiger partial charge on any atom is -0.311 e. The standard InChI is InChI=1S/C13H20N4S/c1-11(2)8-14-9-12-10-17(16-15-12)6-5-13-4-3-7-18-13/h3-4,7,10-11,14H,5-6,8-9H2,1-2H3. The van der Waals surface area contributed by atoms with E-state index in [1.54, 1.807) is 11.3 Å². The molecule has 5 heteroatoms. The fraction of sp³-hybridized carbons (Fsp3) is 0.538. The van der Waals surface area contributed by atoms with Gasteiger partial charge < -0.3 is 5.32 Å². The molecule has 0 amide bonds. The van der Waals surface area contributed by atoms with Crippen LogP contribution in [0.4, 0.5) is 0 Å². The van der Waals surface area contributed by atoms with Gasteiger partial charge in [-0.3, -0.25) is 4.68 Å². The van der Waals surface area contributed by atoms with Crippen molar-refractivity contribution < 1.29 is 0 Å². The molecule has 0 saturated heterocycles. The molecule has 0 atom stereocenters. The molecule has 2 heterocycles. The summed E-state index contributed by atoms with van der Waals surface area (Å²) in [6, 6.07) is 4.25. The zero-order valence-corrected chi connectivity index (χ0v) is 11.8. The summed E-state index contributed by atoms with van der Waals surface area (Å²) >= 11 is 1.79. The van der Waals surface area contributed by atoms with Crippen LogP contribution in [0.25, 0.3) is 0 Å². The normalized spacial score (nSPS) is 11.3. The van der Waals surface area contributed by atoms with Crippen LogP contribution in [-0.2, 0) is 19.5 Å². The number of nitrogens with one attached hydrogen (secondary N) is 1. The highest BCUT2D eigenvalue weighted by molar-refractivity contribution is 7.09. The minimum atomic E-state index is 0.666. The molecule has 0 unspecified atom stereocenters. The first-order valence-electron chi connectivity index (χ1n) is 6.36. The van der Waals surface area contributed by atoms with Crippen molar-refractivity contribution in [3.63, 3.8) is 0 Å². The van der Waals surface area contributed by atoms with Gasteiger partial charge in [0.25, 0.3) is 0 Å². The molecule has 0 saturated carbocycles. The van der Waals surface area contributed by atoms with Gasteiger partial charge in [0.05, 0.1) is 5.69 Å². The molecule has 0 bridgehead atoms. The summed E-state index contributed by atoms with van der Waals surface area (Å²) in [7, 11) is 0. The predicted octanol–water partition coefficient (Wildman–Crippen LogP) is 2.33. The SMILES string of the molecule is CC(C)CNCc1cn(CCc2cccs2)nn1. The fourth-order valence-corrected chi connectivity index (χ4v) is 2.40. The van der Waals surface area contributed by atoms with Crippen LogP contribution in [0, 0.1) is 5.92 Å². The lowest BCUT2D eigenvalue weighted by Crippen LogP contribution is -2.19. The van der Waals surface area contributed by atoms with Gasteiger partial charge >= 0.3 is 0 Å². The smallest absolute Gasteiger partial charge is 0.0964 e. The van der Waals surface area contributed by atoms with E-state index in [1.165, 1.54) is 4.88 Å². The monoisotopic (exact) mass is 264 g/mol. The van der Waals surface area contributed by atoms with Crippen LogP contribution in [-0.4, -0.2) is 21.5 Å². The first kappa shape index (κ1) is 13.2. The zero-order chi connectivity index (χ0) is 12.8. The first-order chi connectivity index (χ1) is 8.74. The highest BCUT2D eigenvalue weighted by Crippen LogP contribution is 2.09. The first-order valence-corrected chi connectivity index (χ1v) is 7.24. The number of hydrogen-bond acceptors (Lipinski definition) is 4. The van der Waals surface area contributed by atoms with Crippen molar-refractivity contribution in [1.82, 2.24) is 20.3 Å². The molecule has 0 aliphatic rings. The lowest BCUT2D eigenvalue weighted by Gasteiger charge is -2.04. The van der Waals surface area contributed by atoms with Gasteiger partial charge in [0.1, 0.15) is 0 Å². The maximum Gasteiger partial charge on any atom is 0.0964 e. The molecule has 0 aromatic carbocycles. The molecule has 0 fully saturated rings. The summed E-state index contributed by atoms with van der Waals surface area (Å²) in [6.45, 7) is 7.12. The van der Waals surface area contributed by atoms with Crippen LogP contribution in [0.15, 0.2) is 23.7 Å². The summed E-state index contributed by atoms with van der Waals surface area (Å²) in [4.78, 5) is 1.39. The van der Waals surface area contributed by atoms with E-state index in [0.717, 1.165) is 31.7 Å². The van der Waals surface area contributed by atoms with Gasteiger partial charge in [-0.2, -0.15) is 0 Å². The fourth-order valence-electron chi connectivity index (χ4n) is 1.70. The maximum absolute atomic E-state index is 4.17. The molecular formula is C13H20N4S. The highest BCUT2D eigenvalue weighted by Gasteiger charge is 2.02. The van der Waals surface area contributed by atoms with E-state index < -0.39 is 0 Å². The zero-order valence-electron chi connectivity index (χ0n) is 11.0. The third kappa shape index (κ3) is 4.23. The van der Waals surface area contributed by atoms with Crippen LogP contribution < -0.4 is 5.32 Å². The van der Waals surface area contributed by atoms with Gasteiger partial charge in [-0.15, -0.1) is 16.4 Å². The summed E-state index contributed by atoms with van der Waals surface area (Å²) in [5, 5.41) is 13.8. The van der Waals surface area contributed by atoms with Crippen LogP contribution in [0.2, 0.25) is 0 Å². The van der Waals surface area contributed by atoms with Crippen molar-refractivity contribution in [2.45, 2.75) is 33.4 Å². The van der Waals surface area contributed by atoms with E-state index in [1.807, 2.05) is 10.9 Å². The Morgan fingerprint density at radius 2 is 2.33 bits per heavy atom. The second-order valence-electron chi connectivity index (χ2n) is 4.83. The van der Waals surface area contributed by atoms with Gasteiger partial charge in [-0.05, 0) is 23.9 Å². The molecule has 0 radical (unpaired) electrons. The summed E-state index contributed by atoms with van der Waals surface area (Å²) < 4.78 is 1.92. The molecule has 0 spiro atoms. The van der Waals surface area contributed by atoms with Gasteiger partial charge in [0.15, 0.2) is 0 Å². The Morgan fingerprint density at radius 1 is 1.44 bits per heavy atom. The largest absolute Gasteiger partial charge is 0.311 e. The third-order valence-corrected chi connectivity index (χ3v) is 3.55. The van der Waals surface area contributed by atoms with Crippen LogP contribution in [0.1, 0.15) is 24.4 Å². The molecule has 2 aromatic rings. The van der Waals surface area contributed by atoms with Crippen molar-refractivity contribution in [2.24, 2.45) is 5.92 Å². The van der Waals surface area contributed by atoms with Gasteiger partial charge in [-0.1, -0.05) is 25.1 Å². The Labute approximate surface area is 112 Å². The number of rotatable bonds is 7. The number of aryl methyl sites for hydroxylation is 2. The van der Waals surface area contributed by atoms with Gasteiger partial charge in [0.2, 0.25) is 0 Å². The topological polar surface area (TPSA) is 42.7 Å². The van der Waals surface area contributed by atoms with E-state index in [9.17, 15) is 0 Å². The molecule has 2 aromatic heterocycles. The van der Waals surface area contributed by atoms with E-state index in [4.69, 9.17) is 0 Å². The average molecular weight is 264 g/mol. The van der Waals surface area contributed by atoms with Gasteiger partial charge in [-0.25, -0.2) is 0 Å². The average Bonchev–Trinajstić information content (AvgIpc) is 2.96. The molecule has 1 N–H and O–H groups in total. The van der Waals surface area contributed by atoms with Crippen molar-refractivity contribution in [3.05, 3.63) is 34.3 Å². The Bertz CT molecular complexity index is 447. The van der Waals surface area contributed by atoms with Crippen molar-refractivity contribution in [3.8, 4) is 0 Å². The number of nitrogens with zero attached hydrogens (tertiary/aromatic N) is 3. The third-order valence-electron chi connectivity index (χ3n) is 2.61. The molecule has 2 rings (SSSR count).